The largest absolute Gasteiger partial charge is 0.465 e. The van der Waals surface area contributed by atoms with Crippen molar-refractivity contribution in [1.29, 1.82) is 0 Å². The minimum Gasteiger partial charge on any atom is -0.465 e. The quantitative estimate of drug-likeness (QED) is 0.449. The average Bonchev–Trinajstić information content (AvgIpc) is 3.45. The van der Waals surface area contributed by atoms with Crippen LogP contribution in [-0.2, 0) is 6.54 Å². The van der Waals surface area contributed by atoms with Crippen molar-refractivity contribution in [2.24, 2.45) is 0 Å². The molecular formula is C22H17F2N5O4S. The number of alkyl halides is 2. The fraction of sp³-hybridized carbons (Fsp3) is 0.227. The molecule has 9 nitrogen and oxygen atoms in total. The lowest BCUT2D eigenvalue weighted by Gasteiger charge is -2.23. The number of thiazole rings is 1. The van der Waals surface area contributed by atoms with Crippen molar-refractivity contribution in [2.75, 3.05) is 13.1 Å². The molecule has 1 N–H and O–H groups in total. The maximum absolute atomic E-state index is 12.7. The van der Waals surface area contributed by atoms with Crippen LogP contribution in [0.2, 0.25) is 0 Å². The number of rotatable bonds is 5. The van der Waals surface area contributed by atoms with Gasteiger partial charge in [0, 0.05) is 19.3 Å². The summed E-state index contributed by atoms with van der Waals surface area (Å²) in [7, 11) is 0. The minimum atomic E-state index is -2.85. The predicted octanol–water partition coefficient (Wildman–Crippen LogP) is 4.26. The number of halogens is 2. The van der Waals surface area contributed by atoms with Crippen molar-refractivity contribution < 1.29 is 23.1 Å². The normalized spacial score (nSPS) is 14.1. The molecule has 0 radical (unpaired) electrons. The second kappa shape index (κ2) is 8.78. The first-order chi connectivity index (χ1) is 16.4. The Morgan fingerprint density at radius 1 is 1.21 bits per heavy atom. The van der Waals surface area contributed by atoms with E-state index in [2.05, 4.69) is 15.2 Å². The summed E-state index contributed by atoms with van der Waals surface area (Å²) in [6.07, 6.45) is 0.172. The monoisotopic (exact) mass is 485 g/mol. The van der Waals surface area contributed by atoms with Crippen molar-refractivity contribution >= 4 is 33.2 Å². The van der Waals surface area contributed by atoms with E-state index in [-0.39, 0.29) is 17.3 Å². The van der Waals surface area contributed by atoms with Crippen LogP contribution in [0.1, 0.15) is 30.0 Å². The SMILES string of the molecule is O=C(O)N1CC=C(c2ccc3c(c2)sc(=O)n3Cc2ccc(-c3nnc(C(F)F)o3)cn2)CC1. The zero-order valence-corrected chi connectivity index (χ0v) is 18.3. The third-order valence-electron chi connectivity index (χ3n) is 5.54. The number of hydrogen-bond acceptors (Lipinski definition) is 7. The van der Waals surface area contributed by atoms with Crippen molar-refractivity contribution in [2.45, 2.75) is 19.4 Å². The zero-order valence-electron chi connectivity index (χ0n) is 17.5. The summed E-state index contributed by atoms with van der Waals surface area (Å²) in [4.78, 5) is 29.3. The minimum absolute atomic E-state index is 0.0523. The third-order valence-corrected chi connectivity index (χ3v) is 6.48. The average molecular weight is 485 g/mol. The highest BCUT2D eigenvalue weighted by molar-refractivity contribution is 7.16. The van der Waals surface area contributed by atoms with Crippen LogP contribution in [0, 0.1) is 0 Å². The molecule has 1 aliphatic heterocycles. The van der Waals surface area contributed by atoms with Crippen LogP contribution in [0.25, 0.3) is 27.2 Å². The maximum Gasteiger partial charge on any atom is 0.407 e. The molecular weight excluding hydrogens is 468 g/mol. The second-order valence-electron chi connectivity index (χ2n) is 7.63. The number of amides is 1. The van der Waals surface area contributed by atoms with E-state index < -0.39 is 18.4 Å². The molecule has 5 rings (SSSR count). The maximum atomic E-state index is 12.7. The highest BCUT2D eigenvalue weighted by Gasteiger charge is 2.19. The standard InChI is InChI=1S/C22H17F2N5O4S/c23-18(24)20-27-26-19(33-20)14-1-3-15(25-10-14)11-29-16-4-2-13(9-17(16)34-22(29)32)12-5-7-28(8-6-12)21(30)31/h1-5,9-10,18H,6-8,11H2,(H,30,31). The van der Waals surface area contributed by atoms with Gasteiger partial charge in [0.25, 0.3) is 5.89 Å². The molecule has 0 spiro atoms. The fourth-order valence-corrected chi connectivity index (χ4v) is 4.70. The van der Waals surface area contributed by atoms with E-state index in [0.717, 1.165) is 32.7 Å². The van der Waals surface area contributed by atoms with Crippen LogP contribution in [-0.4, -0.2) is 48.9 Å². The lowest BCUT2D eigenvalue weighted by atomic mass is 9.99. The van der Waals surface area contributed by atoms with Crippen molar-refractivity contribution in [3.8, 4) is 11.5 Å². The number of pyridine rings is 1. The summed E-state index contributed by atoms with van der Waals surface area (Å²) in [6.45, 7) is 1.01. The van der Waals surface area contributed by atoms with Gasteiger partial charge in [0.05, 0.1) is 28.0 Å². The van der Waals surface area contributed by atoms with E-state index in [0.29, 0.717) is 30.8 Å². The molecule has 3 aromatic heterocycles. The molecule has 1 aliphatic rings. The molecule has 0 unspecified atom stereocenters. The predicted molar refractivity (Wildman–Crippen MR) is 120 cm³/mol. The Morgan fingerprint density at radius 3 is 2.68 bits per heavy atom. The van der Waals surface area contributed by atoms with Crippen LogP contribution >= 0.6 is 11.3 Å². The van der Waals surface area contributed by atoms with Gasteiger partial charge in [-0.25, -0.2) is 4.79 Å². The van der Waals surface area contributed by atoms with Crippen LogP contribution in [0.15, 0.2) is 51.8 Å². The first-order valence-electron chi connectivity index (χ1n) is 10.3. The van der Waals surface area contributed by atoms with Crippen molar-refractivity contribution in [1.82, 2.24) is 24.6 Å². The smallest absolute Gasteiger partial charge is 0.407 e. The lowest BCUT2D eigenvalue weighted by Crippen LogP contribution is -2.33. The van der Waals surface area contributed by atoms with Crippen LogP contribution < -0.4 is 4.87 Å². The molecule has 4 heterocycles. The van der Waals surface area contributed by atoms with Crippen molar-refractivity contribution in [3.05, 3.63) is 69.4 Å². The molecule has 1 aromatic carbocycles. The number of hydrogen-bond donors (Lipinski definition) is 1. The molecule has 4 aromatic rings. The number of benzene rings is 1. The van der Waals surface area contributed by atoms with Gasteiger partial charge in [-0.3, -0.25) is 14.3 Å². The summed E-state index contributed by atoms with van der Waals surface area (Å²) < 4.78 is 32.7. The molecule has 0 fully saturated rings. The first kappa shape index (κ1) is 21.9. The Bertz CT molecular complexity index is 1460. The molecule has 174 valence electrons. The number of nitrogens with zero attached hydrogens (tertiary/aromatic N) is 5. The fourth-order valence-electron chi connectivity index (χ4n) is 3.77. The molecule has 34 heavy (non-hydrogen) atoms. The van der Waals surface area contributed by atoms with Gasteiger partial charge in [-0.15, -0.1) is 10.2 Å². The highest BCUT2D eigenvalue weighted by Crippen LogP contribution is 2.28. The van der Waals surface area contributed by atoms with Gasteiger partial charge in [0.1, 0.15) is 0 Å². The topological polar surface area (TPSA) is 114 Å². The van der Waals surface area contributed by atoms with E-state index >= 15 is 0 Å². The Hall–Kier alpha value is -3.93. The second-order valence-corrected chi connectivity index (χ2v) is 8.62. The van der Waals surface area contributed by atoms with E-state index in [9.17, 15) is 18.4 Å². The molecule has 0 saturated heterocycles. The number of fused-ring (bicyclic) bond motifs is 1. The molecule has 0 atom stereocenters. The van der Waals surface area contributed by atoms with Gasteiger partial charge in [-0.05, 0) is 41.8 Å². The van der Waals surface area contributed by atoms with Gasteiger partial charge in [0.15, 0.2) is 0 Å². The van der Waals surface area contributed by atoms with E-state index in [4.69, 9.17) is 9.52 Å². The Balaban J connectivity index is 1.36. The van der Waals surface area contributed by atoms with Gasteiger partial charge in [-0.1, -0.05) is 23.5 Å². The highest BCUT2D eigenvalue weighted by atomic mass is 32.1. The van der Waals surface area contributed by atoms with Gasteiger partial charge in [0.2, 0.25) is 5.89 Å². The van der Waals surface area contributed by atoms with Crippen LogP contribution in [0.4, 0.5) is 13.6 Å². The molecule has 1 amide bonds. The van der Waals surface area contributed by atoms with Crippen LogP contribution in [0.5, 0.6) is 0 Å². The summed E-state index contributed by atoms with van der Waals surface area (Å²) in [5.74, 6) is -0.804. The number of carboxylic acid groups (broad SMARTS) is 1. The third kappa shape index (κ3) is 4.19. The Morgan fingerprint density at radius 2 is 2.03 bits per heavy atom. The Kier molecular flexibility index (Phi) is 5.65. The Labute approximate surface area is 194 Å². The summed E-state index contributed by atoms with van der Waals surface area (Å²) in [6, 6.07) is 9.06. The molecule has 0 saturated carbocycles. The van der Waals surface area contributed by atoms with E-state index in [1.807, 2.05) is 24.3 Å². The van der Waals surface area contributed by atoms with E-state index in [1.165, 1.54) is 11.1 Å². The summed E-state index contributed by atoms with van der Waals surface area (Å²) in [5.41, 5.74) is 3.80. The number of carbonyl (C=O) groups is 1. The van der Waals surface area contributed by atoms with Crippen molar-refractivity contribution in [3.63, 3.8) is 0 Å². The van der Waals surface area contributed by atoms with Gasteiger partial charge in [-0.2, -0.15) is 8.78 Å². The zero-order chi connectivity index (χ0) is 23.8. The summed E-state index contributed by atoms with van der Waals surface area (Å²) >= 11 is 1.13. The van der Waals surface area contributed by atoms with Gasteiger partial charge < -0.3 is 14.4 Å². The summed E-state index contributed by atoms with van der Waals surface area (Å²) in [5, 5.41) is 16.0. The first-order valence-corrected chi connectivity index (χ1v) is 11.1. The van der Waals surface area contributed by atoms with Gasteiger partial charge >= 0.3 is 17.4 Å². The van der Waals surface area contributed by atoms with E-state index in [1.54, 1.807) is 16.7 Å². The van der Waals surface area contributed by atoms with Crippen LogP contribution in [0.3, 0.4) is 0 Å². The number of aromatic nitrogens is 4. The molecule has 0 bridgehead atoms. The lowest BCUT2D eigenvalue weighted by molar-refractivity contribution is 0.116. The molecule has 0 aliphatic carbocycles. The molecule has 12 heteroatoms.